The summed E-state index contributed by atoms with van der Waals surface area (Å²) in [5, 5.41) is 0. The zero-order valence-electron chi connectivity index (χ0n) is 12.6. The first-order chi connectivity index (χ1) is 9.34. The van der Waals surface area contributed by atoms with E-state index in [2.05, 4.69) is 65.5 Å². The molecule has 0 bridgehead atoms. The van der Waals surface area contributed by atoms with Crippen molar-refractivity contribution in [3.8, 4) is 11.3 Å². The van der Waals surface area contributed by atoms with Gasteiger partial charge in [-0.1, -0.05) is 45.0 Å². The summed E-state index contributed by atoms with van der Waals surface area (Å²) in [7, 11) is 2.01. The molecule has 0 aliphatic carbocycles. The van der Waals surface area contributed by atoms with E-state index in [0.717, 1.165) is 28.1 Å². The molecule has 0 aliphatic heterocycles. The lowest BCUT2D eigenvalue weighted by Crippen LogP contribution is -2.10. The summed E-state index contributed by atoms with van der Waals surface area (Å²) >= 11 is 3.63. The third-order valence-electron chi connectivity index (χ3n) is 3.51. The average molecular weight is 336 g/mol. The SMILES string of the molecule is Cn1c(CCN)nc(-c2ccc(C(C)(C)C)cc2)c1Br. The molecule has 4 heteroatoms. The fourth-order valence-corrected chi connectivity index (χ4v) is 2.71. The van der Waals surface area contributed by atoms with Gasteiger partial charge in [0.1, 0.15) is 16.1 Å². The Morgan fingerprint density at radius 2 is 1.80 bits per heavy atom. The number of nitrogens with zero attached hydrogens (tertiary/aromatic N) is 2. The van der Waals surface area contributed by atoms with Crippen LogP contribution in [0.25, 0.3) is 11.3 Å². The number of halogens is 1. The van der Waals surface area contributed by atoms with Crippen LogP contribution in [0.3, 0.4) is 0 Å². The summed E-state index contributed by atoms with van der Waals surface area (Å²) < 4.78 is 3.06. The summed E-state index contributed by atoms with van der Waals surface area (Å²) in [6, 6.07) is 8.64. The molecular weight excluding hydrogens is 314 g/mol. The van der Waals surface area contributed by atoms with Crippen LogP contribution in [0.4, 0.5) is 0 Å². The van der Waals surface area contributed by atoms with Gasteiger partial charge < -0.3 is 10.3 Å². The van der Waals surface area contributed by atoms with Crippen LogP contribution in [-0.2, 0) is 18.9 Å². The highest BCUT2D eigenvalue weighted by molar-refractivity contribution is 9.10. The smallest absolute Gasteiger partial charge is 0.112 e. The molecule has 1 aromatic carbocycles. The molecule has 1 heterocycles. The zero-order valence-corrected chi connectivity index (χ0v) is 14.2. The molecule has 2 N–H and O–H groups in total. The second kappa shape index (κ2) is 5.70. The van der Waals surface area contributed by atoms with Crippen LogP contribution in [0.15, 0.2) is 28.9 Å². The summed E-state index contributed by atoms with van der Waals surface area (Å²) in [5.41, 5.74) is 9.24. The third kappa shape index (κ3) is 2.96. The molecule has 0 fully saturated rings. The zero-order chi connectivity index (χ0) is 14.9. The molecule has 0 spiro atoms. The summed E-state index contributed by atoms with van der Waals surface area (Å²) in [4.78, 5) is 4.70. The maximum atomic E-state index is 5.63. The van der Waals surface area contributed by atoms with Crippen molar-refractivity contribution < 1.29 is 0 Å². The average Bonchev–Trinajstić information content (AvgIpc) is 2.67. The standard InChI is InChI=1S/C16H22BrN3/c1-16(2,3)12-7-5-11(6-8-12)14-15(17)20(4)13(19-14)9-10-18/h5-8H,9-10,18H2,1-4H3. The maximum Gasteiger partial charge on any atom is 0.112 e. The summed E-state index contributed by atoms with van der Waals surface area (Å²) in [6.07, 6.45) is 0.787. The topological polar surface area (TPSA) is 43.8 Å². The van der Waals surface area contributed by atoms with E-state index >= 15 is 0 Å². The number of imidazole rings is 1. The van der Waals surface area contributed by atoms with Crippen LogP contribution in [0, 0.1) is 0 Å². The van der Waals surface area contributed by atoms with Crippen molar-refractivity contribution in [2.45, 2.75) is 32.6 Å². The number of hydrogen-bond donors (Lipinski definition) is 1. The number of rotatable bonds is 3. The minimum Gasteiger partial charge on any atom is -0.330 e. The Labute approximate surface area is 129 Å². The van der Waals surface area contributed by atoms with Gasteiger partial charge in [-0.2, -0.15) is 0 Å². The Bertz CT molecular complexity index is 591. The van der Waals surface area contributed by atoms with Gasteiger partial charge in [-0.15, -0.1) is 0 Å². The van der Waals surface area contributed by atoms with E-state index in [1.807, 2.05) is 7.05 Å². The van der Waals surface area contributed by atoms with E-state index in [1.165, 1.54) is 5.56 Å². The number of benzene rings is 1. The molecule has 0 radical (unpaired) electrons. The van der Waals surface area contributed by atoms with E-state index in [4.69, 9.17) is 10.7 Å². The van der Waals surface area contributed by atoms with E-state index in [0.29, 0.717) is 6.54 Å². The van der Waals surface area contributed by atoms with E-state index in [1.54, 1.807) is 0 Å². The van der Waals surface area contributed by atoms with Gasteiger partial charge in [0.15, 0.2) is 0 Å². The van der Waals surface area contributed by atoms with Gasteiger partial charge in [-0.3, -0.25) is 0 Å². The maximum absolute atomic E-state index is 5.63. The molecule has 108 valence electrons. The number of nitrogens with two attached hydrogens (primary N) is 1. The highest BCUT2D eigenvalue weighted by Crippen LogP contribution is 2.30. The molecule has 2 rings (SSSR count). The fourth-order valence-electron chi connectivity index (χ4n) is 2.19. The van der Waals surface area contributed by atoms with Crippen LogP contribution >= 0.6 is 15.9 Å². The molecule has 0 unspecified atom stereocenters. The van der Waals surface area contributed by atoms with Gasteiger partial charge in [-0.25, -0.2) is 4.98 Å². The van der Waals surface area contributed by atoms with E-state index < -0.39 is 0 Å². The molecule has 0 saturated carbocycles. The minimum absolute atomic E-state index is 0.171. The Morgan fingerprint density at radius 1 is 1.20 bits per heavy atom. The van der Waals surface area contributed by atoms with Crippen molar-refractivity contribution in [2.24, 2.45) is 12.8 Å². The molecule has 3 nitrogen and oxygen atoms in total. The summed E-state index contributed by atoms with van der Waals surface area (Å²) in [6.45, 7) is 7.27. The normalized spacial score (nSPS) is 11.9. The molecule has 20 heavy (non-hydrogen) atoms. The second-order valence-electron chi connectivity index (χ2n) is 6.09. The monoisotopic (exact) mass is 335 g/mol. The number of hydrogen-bond acceptors (Lipinski definition) is 2. The fraction of sp³-hybridized carbons (Fsp3) is 0.438. The van der Waals surface area contributed by atoms with Gasteiger partial charge >= 0.3 is 0 Å². The quantitative estimate of drug-likeness (QED) is 0.930. The van der Waals surface area contributed by atoms with Crippen LogP contribution in [0.1, 0.15) is 32.2 Å². The van der Waals surface area contributed by atoms with Crippen molar-refractivity contribution in [3.63, 3.8) is 0 Å². The first kappa shape index (κ1) is 15.3. The lowest BCUT2D eigenvalue weighted by atomic mass is 9.86. The van der Waals surface area contributed by atoms with Crippen molar-refractivity contribution >= 4 is 15.9 Å². The van der Waals surface area contributed by atoms with Crippen LogP contribution < -0.4 is 5.73 Å². The molecule has 2 aromatic rings. The van der Waals surface area contributed by atoms with Crippen LogP contribution in [0.5, 0.6) is 0 Å². The Balaban J connectivity index is 2.39. The molecule has 1 aromatic heterocycles. The van der Waals surface area contributed by atoms with E-state index in [-0.39, 0.29) is 5.41 Å². The van der Waals surface area contributed by atoms with Gasteiger partial charge in [0.05, 0.1) is 0 Å². The highest BCUT2D eigenvalue weighted by atomic mass is 79.9. The van der Waals surface area contributed by atoms with Crippen LogP contribution in [0.2, 0.25) is 0 Å². The van der Waals surface area contributed by atoms with Gasteiger partial charge in [0.2, 0.25) is 0 Å². The van der Waals surface area contributed by atoms with Gasteiger partial charge in [0.25, 0.3) is 0 Å². The van der Waals surface area contributed by atoms with Crippen molar-refractivity contribution in [1.29, 1.82) is 0 Å². The predicted octanol–water partition coefficient (Wildman–Crippen LogP) is 3.65. The Kier molecular flexibility index (Phi) is 4.35. The second-order valence-corrected chi connectivity index (χ2v) is 6.84. The van der Waals surface area contributed by atoms with Crippen LogP contribution in [-0.4, -0.2) is 16.1 Å². The minimum atomic E-state index is 0.171. The number of aromatic nitrogens is 2. The molecule has 0 amide bonds. The van der Waals surface area contributed by atoms with Gasteiger partial charge in [-0.05, 0) is 33.5 Å². The van der Waals surface area contributed by atoms with Crippen molar-refractivity contribution in [1.82, 2.24) is 9.55 Å². The summed E-state index contributed by atoms with van der Waals surface area (Å²) in [5.74, 6) is 1.01. The lowest BCUT2D eigenvalue weighted by Gasteiger charge is -2.18. The lowest BCUT2D eigenvalue weighted by molar-refractivity contribution is 0.590. The first-order valence-corrected chi connectivity index (χ1v) is 7.66. The van der Waals surface area contributed by atoms with E-state index in [9.17, 15) is 0 Å². The Morgan fingerprint density at radius 3 is 2.30 bits per heavy atom. The van der Waals surface area contributed by atoms with Crippen molar-refractivity contribution in [3.05, 3.63) is 40.3 Å². The predicted molar refractivity (Wildman–Crippen MR) is 87.8 cm³/mol. The molecular formula is C16H22BrN3. The molecule has 0 aliphatic rings. The molecule has 0 saturated heterocycles. The molecule has 0 atom stereocenters. The first-order valence-electron chi connectivity index (χ1n) is 6.86. The highest BCUT2D eigenvalue weighted by Gasteiger charge is 2.16. The van der Waals surface area contributed by atoms with Crippen molar-refractivity contribution in [2.75, 3.05) is 6.54 Å². The largest absolute Gasteiger partial charge is 0.330 e. The Hall–Kier alpha value is -1.13. The third-order valence-corrected chi connectivity index (χ3v) is 4.42. The van der Waals surface area contributed by atoms with Gasteiger partial charge in [0, 0.05) is 19.0 Å².